The van der Waals surface area contributed by atoms with Crippen molar-refractivity contribution in [3.8, 4) is 0 Å². The number of ether oxygens (including phenoxy) is 1. The molecule has 0 aliphatic rings. The Kier molecular flexibility index (Phi) is 5.39. The Morgan fingerprint density at radius 1 is 1.25 bits per heavy atom. The topological polar surface area (TPSA) is 68.5 Å². The number of amides is 1. The van der Waals surface area contributed by atoms with Gasteiger partial charge in [0.1, 0.15) is 5.82 Å². The smallest absolute Gasteiger partial charge is 0.375 e. The summed E-state index contributed by atoms with van der Waals surface area (Å²) >= 11 is 0. The number of rotatable bonds is 6. The van der Waals surface area contributed by atoms with Gasteiger partial charge in [-0.25, -0.2) is 9.18 Å². The molecule has 24 heavy (non-hydrogen) atoms. The van der Waals surface area contributed by atoms with E-state index in [1.54, 1.807) is 6.07 Å². The Morgan fingerprint density at radius 3 is 2.54 bits per heavy atom. The van der Waals surface area contributed by atoms with Crippen LogP contribution in [0.15, 0.2) is 47.1 Å². The van der Waals surface area contributed by atoms with Crippen molar-refractivity contribution in [2.45, 2.75) is 38.8 Å². The van der Waals surface area contributed by atoms with Crippen molar-refractivity contribution in [3.05, 3.63) is 59.8 Å². The normalized spacial score (nSPS) is 12.5. The average molecular weight is 333 g/mol. The summed E-state index contributed by atoms with van der Waals surface area (Å²) in [5.74, 6) is -2.11. The average Bonchev–Trinajstić information content (AvgIpc) is 3.07. The van der Waals surface area contributed by atoms with Gasteiger partial charge in [0.2, 0.25) is 11.9 Å². The SMILES string of the molecule is CCC(C)(C)NC(=O)[C@H](OC(=O)c1ccco1)c1ccccc1F. The number of halogens is 1. The first-order chi connectivity index (χ1) is 11.3. The molecule has 0 aliphatic heterocycles. The molecule has 1 N–H and O–H groups in total. The second kappa shape index (κ2) is 7.29. The minimum atomic E-state index is -1.41. The molecule has 0 fully saturated rings. The van der Waals surface area contributed by atoms with Gasteiger partial charge in [0.25, 0.3) is 5.91 Å². The zero-order chi connectivity index (χ0) is 17.7. The molecule has 0 unspecified atom stereocenters. The number of carbonyl (C=O) groups is 2. The van der Waals surface area contributed by atoms with Crippen LogP contribution in [0.5, 0.6) is 0 Å². The Hall–Kier alpha value is -2.63. The molecular formula is C18H20FNO4. The molecule has 1 aromatic carbocycles. The predicted octanol–water partition coefficient (Wildman–Crippen LogP) is 3.62. The lowest BCUT2D eigenvalue weighted by atomic mass is 10.0. The van der Waals surface area contributed by atoms with Gasteiger partial charge in [-0.2, -0.15) is 0 Å². The van der Waals surface area contributed by atoms with Gasteiger partial charge in [0.05, 0.1) is 6.26 Å². The van der Waals surface area contributed by atoms with Crippen LogP contribution >= 0.6 is 0 Å². The standard InChI is InChI=1S/C18H20FNO4/c1-4-18(2,3)20-16(21)15(12-8-5-6-9-13(12)19)24-17(22)14-10-7-11-23-14/h5-11,15H,4H2,1-3H3,(H,20,21)/t15-/m1/s1. The van der Waals surface area contributed by atoms with E-state index in [2.05, 4.69) is 5.32 Å². The van der Waals surface area contributed by atoms with Crippen molar-refractivity contribution in [3.63, 3.8) is 0 Å². The molecule has 0 radical (unpaired) electrons. The lowest BCUT2D eigenvalue weighted by Crippen LogP contribution is -2.46. The highest BCUT2D eigenvalue weighted by Gasteiger charge is 2.31. The molecule has 0 aliphatic carbocycles. The predicted molar refractivity (Wildman–Crippen MR) is 85.8 cm³/mol. The summed E-state index contributed by atoms with van der Waals surface area (Å²) in [4.78, 5) is 24.7. The van der Waals surface area contributed by atoms with Crippen LogP contribution in [0.4, 0.5) is 4.39 Å². The van der Waals surface area contributed by atoms with Crippen LogP contribution < -0.4 is 5.32 Å². The third-order valence-corrected chi connectivity index (χ3v) is 3.72. The number of furan rings is 1. The van der Waals surface area contributed by atoms with Crippen LogP contribution in [0.3, 0.4) is 0 Å². The molecule has 0 saturated carbocycles. The minimum Gasteiger partial charge on any atom is -0.457 e. The van der Waals surface area contributed by atoms with Crippen LogP contribution in [0, 0.1) is 5.82 Å². The summed E-state index contributed by atoms with van der Waals surface area (Å²) in [6.45, 7) is 5.57. The monoisotopic (exact) mass is 333 g/mol. The van der Waals surface area contributed by atoms with Crippen LogP contribution in [0.25, 0.3) is 0 Å². The van der Waals surface area contributed by atoms with E-state index >= 15 is 0 Å². The first kappa shape index (κ1) is 17.7. The Morgan fingerprint density at radius 2 is 1.96 bits per heavy atom. The summed E-state index contributed by atoms with van der Waals surface area (Å²) in [5.41, 5.74) is -0.528. The summed E-state index contributed by atoms with van der Waals surface area (Å²) in [7, 11) is 0. The summed E-state index contributed by atoms with van der Waals surface area (Å²) in [5, 5.41) is 2.77. The van der Waals surface area contributed by atoms with E-state index < -0.39 is 29.3 Å². The van der Waals surface area contributed by atoms with E-state index in [1.807, 2.05) is 20.8 Å². The maximum Gasteiger partial charge on any atom is 0.375 e. The molecule has 1 aromatic heterocycles. The van der Waals surface area contributed by atoms with Gasteiger partial charge in [-0.1, -0.05) is 25.1 Å². The summed E-state index contributed by atoms with van der Waals surface area (Å²) < 4.78 is 24.3. The molecule has 128 valence electrons. The van der Waals surface area contributed by atoms with Gasteiger partial charge in [-0.05, 0) is 38.5 Å². The maximum atomic E-state index is 14.1. The maximum absolute atomic E-state index is 14.1. The molecule has 1 heterocycles. The lowest BCUT2D eigenvalue weighted by molar-refractivity contribution is -0.132. The fraction of sp³-hybridized carbons (Fsp3) is 0.333. The highest BCUT2D eigenvalue weighted by molar-refractivity contribution is 5.90. The third-order valence-electron chi connectivity index (χ3n) is 3.72. The quantitative estimate of drug-likeness (QED) is 0.820. The molecule has 2 aromatic rings. The molecular weight excluding hydrogens is 313 g/mol. The minimum absolute atomic E-state index is 0.0122. The molecule has 2 rings (SSSR count). The molecule has 1 amide bonds. The van der Waals surface area contributed by atoms with E-state index in [4.69, 9.17) is 9.15 Å². The fourth-order valence-corrected chi connectivity index (χ4v) is 1.99. The largest absolute Gasteiger partial charge is 0.457 e. The van der Waals surface area contributed by atoms with Crippen molar-refractivity contribution >= 4 is 11.9 Å². The number of hydrogen-bond acceptors (Lipinski definition) is 4. The van der Waals surface area contributed by atoms with Crippen molar-refractivity contribution in [2.24, 2.45) is 0 Å². The van der Waals surface area contributed by atoms with E-state index in [-0.39, 0.29) is 11.3 Å². The van der Waals surface area contributed by atoms with Gasteiger partial charge in [-0.3, -0.25) is 4.79 Å². The Labute approximate surface area is 139 Å². The van der Waals surface area contributed by atoms with Gasteiger partial charge in [0, 0.05) is 11.1 Å². The molecule has 0 bridgehead atoms. The third kappa shape index (κ3) is 4.22. The van der Waals surface area contributed by atoms with Crippen molar-refractivity contribution in [1.29, 1.82) is 0 Å². The lowest BCUT2D eigenvalue weighted by Gasteiger charge is -2.27. The van der Waals surface area contributed by atoms with E-state index in [0.29, 0.717) is 6.42 Å². The van der Waals surface area contributed by atoms with Gasteiger partial charge >= 0.3 is 5.97 Å². The van der Waals surface area contributed by atoms with E-state index in [0.717, 1.165) is 0 Å². The first-order valence-electron chi connectivity index (χ1n) is 7.65. The zero-order valence-electron chi connectivity index (χ0n) is 13.8. The number of nitrogens with one attached hydrogen (secondary N) is 1. The van der Waals surface area contributed by atoms with Crippen molar-refractivity contribution in [1.82, 2.24) is 5.32 Å². The second-order valence-electron chi connectivity index (χ2n) is 6.01. The number of hydrogen-bond donors (Lipinski definition) is 1. The molecule has 0 spiro atoms. The zero-order valence-corrected chi connectivity index (χ0v) is 13.8. The molecule has 0 saturated heterocycles. The molecule has 6 heteroatoms. The highest BCUT2D eigenvalue weighted by Crippen LogP contribution is 2.24. The van der Waals surface area contributed by atoms with Crippen LogP contribution in [0.1, 0.15) is 49.4 Å². The highest BCUT2D eigenvalue weighted by atomic mass is 19.1. The fourth-order valence-electron chi connectivity index (χ4n) is 1.99. The Bertz CT molecular complexity index is 710. The Balaban J connectivity index is 2.30. The van der Waals surface area contributed by atoms with Crippen LogP contribution in [0.2, 0.25) is 0 Å². The number of benzene rings is 1. The number of carbonyl (C=O) groups excluding carboxylic acids is 2. The van der Waals surface area contributed by atoms with Gasteiger partial charge in [-0.15, -0.1) is 0 Å². The van der Waals surface area contributed by atoms with E-state index in [9.17, 15) is 14.0 Å². The molecule has 5 nitrogen and oxygen atoms in total. The summed E-state index contributed by atoms with van der Waals surface area (Å²) in [6, 6.07) is 8.63. The summed E-state index contributed by atoms with van der Waals surface area (Å²) in [6.07, 6.45) is 0.568. The van der Waals surface area contributed by atoms with E-state index in [1.165, 1.54) is 36.6 Å². The number of esters is 1. The second-order valence-corrected chi connectivity index (χ2v) is 6.01. The van der Waals surface area contributed by atoms with Crippen LogP contribution in [-0.2, 0) is 9.53 Å². The van der Waals surface area contributed by atoms with Crippen molar-refractivity contribution in [2.75, 3.05) is 0 Å². The van der Waals surface area contributed by atoms with Crippen LogP contribution in [-0.4, -0.2) is 17.4 Å². The first-order valence-corrected chi connectivity index (χ1v) is 7.65. The van der Waals surface area contributed by atoms with Crippen molar-refractivity contribution < 1.29 is 23.1 Å². The molecule has 1 atom stereocenters. The van der Waals surface area contributed by atoms with Gasteiger partial charge < -0.3 is 14.5 Å². The van der Waals surface area contributed by atoms with Gasteiger partial charge in [0.15, 0.2) is 0 Å².